The van der Waals surface area contributed by atoms with Crippen molar-refractivity contribution in [2.75, 3.05) is 31.1 Å². The minimum atomic E-state index is -0.247. The highest BCUT2D eigenvalue weighted by Crippen LogP contribution is 2.22. The van der Waals surface area contributed by atoms with Crippen LogP contribution in [0.15, 0.2) is 36.7 Å². The summed E-state index contributed by atoms with van der Waals surface area (Å²) in [5, 5.41) is 3.34. The molecule has 1 saturated heterocycles. The molecule has 0 atom stereocenters. The van der Waals surface area contributed by atoms with E-state index in [4.69, 9.17) is 0 Å². The lowest BCUT2D eigenvalue weighted by atomic mass is 10.1. The van der Waals surface area contributed by atoms with E-state index in [1.54, 1.807) is 24.5 Å². The van der Waals surface area contributed by atoms with Crippen molar-refractivity contribution in [3.8, 4) is 11.1 Å². The summed E-state index contributed by atoms with van der Waals surface area (Å²) in [4.78, 5) is 10.9. The topological polar surface area (TPSA) is 41.1 Å². The zero-order valence-electron chi connectivity index (χ0n) is 11.2. The Kier molecular flexibility index (Phi) is 3.87. The summed E-state index contributed by atoms with van der Waals surface area (Å²) in [5.74, 6) is 0.469. The van der Waals surface area contributed by atoms with E-state index in [1.165, 1.54) is 6.07 Å². The Bertz CT molecular complexity index is 562. The van der Waals surface area contributed by atoms with E-state index >= 15 is 0 Å². The van der Waals surface area contributed by atoms with E-state index in [0.717, 1.165) is 32.6 Å². The van der Waals surface area contributed by atoms with Crippen molar-refractivity contribution in [2.24, 2.45) is 0 Å². The van der Waals surface area contributed by atoms with Crippen LogP contribution < -0.4 is 10.2 Å². The summed E-state index contributed by atoms with van der Waals surface area (Å²) in [5.41, 5.74) is 1.25. The highest BCUT2D eigenvalue weighted by atomic mass is 19.1. The predicted molar refractivity (Wildman–Crippen MR) is 77.1 cm³/mol. The van der Waals surface area contributed by atoms with Crippen LogP contribution in [0.4, 0.5) is 10.3 Å². The van der Waals surface area contributed by atoms with Gasteiger partial charge in [0.1, 0.15) is 5.82 Å². The molecule has 3 rings (SSSR count). The first-order chi connectivity index (χ1) is 9.84. The van der Waals surface area contributed by atoms with E-state index in [0.29, 0.717) is 17.1 Å². The molecule has 1 aliphatic rings. The molecule has 0 spiro atoms. The molecule has 1 N–H and O–H groups in total. The van der Waals surface area contributed by atoms with Gasteiger partial charge in [0.15, 0.2) is 0 Å². The fourth-order valence-electron chi connectivity index (χ4n) is 2.36. The molecule has 5 heteroatoms. The zero-order chi connectivity index (χ0) is 13.8. The lowest BCUT2D eigenvalue weighted by molar-refractivity contribution is 0.631. The van der Waals surface area contributed by atoms with Crippen molar-refractivity contribution < 1.29 is 4.39 Å². The molecule has 0 aliphatic carbocycles. The van der Waals surface area contributed by atoms with Crippen LogP contribution in [0.1, 0.15) is 6.42 Å². The first-order valence-electron chi connectivity index (χ1n) is 6.87. The van der Waals surface area contributed by atoms with E-state index in [1.807, 2.05) is 6.07 Å². The number of rotatable bonds is 2. The van der Waals surface area contributed by atoms with Crippen LogP contribution >= 0.6 is 0 Å². The third-order valence-electron chi connectivity index (χ3n) is 3.45. The number of halogens is 1. The van der Waals surface area contributed by atoms with E-state index in [2.05, 4.69) is 20.2 Å². The molecular formula is C15H17FN4. The fourth-order valence-corrected chi connectivity index (χ4v) is 2.36. The quantitative estimate of drug-likeness (QED) is 0.909. The Morgan fingerprint density at radius 1 is 1.05 bits per heavy atom. The van der Waals surface area contributed by atoms with E-state index < -0.39 is 0 Å². The van der Waals surface area contributed by atoms with Gasteiger partial charge in [0.05, 0.1) is 0 Å². The molecule has 4 nitrogen and oxygen atoms in total. The second-order valence-corrected chi connectivity index (χ2v) is 4.84. The lowest BCUT2D eigenvalue weighted by Crippen LogP contribution is -2.29. The third kappa shape index (κ3) is 2.77. The number of hydrogen-bond donors (Lipinski definition) is 1. The van der Waals surface area contributed by atoms with Crippen LogP contribution in [0.3, 0.4) is 0 Å². The van der Waals surface area contributed by atoms with Gasteiger partial charge >= 0.3 is 0 Å². The van der Waals surface area contributed by atoms with E-state index in [9.17, 15) is 4.39 Å². The minimum Gasteiger partial charge on any atom is -0.340 e. The molecule has 104 valence electrons. The maximum absolute atomic E-state index is 13.7. The number of nitrogens with one attached hydrogen (secondary N) is 1. The molecule has 0 radical (unpaired) electrons. The van der Waals surface area contributed by atoms with Crippen LogP contribution in [-0.4, -0.2) is 36.1 Å². The van der Waals surface area contributed by atoms with Gasteiger partial charge < -0.3 is 10.2 Å². The molecule has 0 amide bonds. The Labute approximate surface area is 117 Å². The lowest BCUT2D eigenvalue weighted by Gasteiger charge is -2.19. The standard InChI is InChI=1S/C15H17FN4/c16-14-5-2-1-4-13(14)12-10-18-15(19-11-12)20-8-3-6-17-7-9-20/h1-2,4-5,10-11,17H,3,6-9H2. The Morgan fingerprint density at radius 2 is 1.85 bits per heavy atom. The van der Waals surface area contributed by atoms with Crippen LogP contribution in [0, 0.1) is 5.82 Å². The maximum Gasteiger partial charge on any atom is 0.225 e. The van der Waals surface area contributed by atoms with Gasteiger partial charge in [0, 0.05) is 43.2 Å². The van der Waals surface area contributed by atoms with Crippen LogP contribution in [0.2, 0.25) is 0 Å². The molecule has 2 aromatic rings. The van der Waals surface area contributed by atoms with Gasteiger partial charge in [-0.05, 0) is 19.0 Å². The van der Waals surface area contributed by atoms with Gasteiger partial charge in [-0.25, -0.2) is 14.4 Å². The normalized spacial score (nSPS) is 15.9. The summed E-state index contributed by atoms with van der Waals surface area (Å²) in [6.07, 6.45) is 4.47. The maximum atomic E-state index is 13.7. The number of benzene rings is 1. The summed E-state index contributed by atoms with van der Waals surface area (Å²) in [6, 6.07) is 6.68. The van der Waals surface area contributed by atoms with Crippen molar-refractivity contribution in [2.45, 2.75) is 6.42 Å². The first-order valence-corrected chi connectivity index (χ1v) is 6.87. The molecule has 20 heavy (non-hydrogen) atoms. The molecule has 1 fully saturated rings. The molecule has 1 aromatic carbocycles. The average Bonchev–Trinajstić information content (AvgIpc) is 2.77. The van der Waals surface area contributed by atoms with Gasteiger partial charge in [0.2, 0.25) is 5.95 Å². The SMILES string of the molecule is Fc1ccccc1-c1cnc(N2CCCNCC2)nc1. The highest BCUT2D eigenvalue weighted by molar-refractivity contribution is 5.62. The fraction of sp³-hybridized carbons (Fsp3) is 0.333. The Morgan fingerprint density at radius 3 is 2.65 bits per heavy atom. The van der Waals surface area contributed by atoms with Gasteiger partial charge in [-0.3, -0.25) is 0 Å². The zero-order valence-corrected chi connectivity index (χ0v) is 11.2. The molecule has 1 aromatic heterocycles. The number of nitrogens with zero attached hydrogens (tertiary/aromatic N) is 3. The van der Waals surface area contributed by atoms with Crippen molar-refractivity contribution >= 4 is 5.95 Å². The molecule has 0 unspecified atom stereocenters. The third-order valence-corrected chi connectivity index (χ3v) is 3.45. The summed E-state index contributed by atoms with van der Waals surface area (Å²) >= 11 is 0. The Hall–Kier alpha value is -2.01. The second-order valence-electron chi connectivity index (χ2n) is 4.84. The molecular weight excluding hydrogens is 255 g/mol. The summed E-state index contributed by atoms with van der Waals surface area (Å²) in [6.45, 7) is 3.83. The van der Waals surface area contributed by atoms with Crippen LogP contribution in [-0.2, 0) is 0 Å². The average molecular weight is 272 g/mol. The predicted octanol–water partition coefficient (Wildman–Crippen LogP) is 2.08. The second kappa shape index (κ2) is 5.96. The smallest absolute Gasteiger partial charge is 0.225 e. The van der Waals surface area contributed by atoms with E-state index in [-0.39, 0.29) is 5.82 Å². The van der Waals surface area contributed by atoms with Crippen molar-refractivity contribution in [3.05, 3.63) is 42.5 Å². The molecule has 2 heterocycles. The molecule has 0 bridgehead atoms. The van der Waals surface area contributed by atoms with Crippen LogP contribution in [0.25, 0.3) is 11.1 Å². The summed E-state index contributed by atoms with van der Waals surface area (Å²) < 4.78 is 13.7. The van der Waals surface area contributed by atoms with Gasteiger partial charge in [-0.1, -0.05) is 18.2 Å². The van der Waals surface area contributed by atoms with Gasteiger partial charge in [0.25, 0.3) is 0 Å². The van der Waals surface area contributed by atoms with Crippen molar-refractivity contribution in [3.63, 3.8) is 0 Å². The summed E-state index contributed by atoms with van der Waals surface area (Å²) in [7, 11) is 0. The Balaban J connectivity index is 1.82. The van der Waals surface area contributed by atoms with Crippen molar-refractivity contribution in [1.29, 1.82) is 0 Å². The largest absolute Gasteiger partial charge is 0.340 e. The number of anilines is 1. The van der Waals surface area contributed by atoms with Crippen molar-refractivity contribution in [1.82, 2.24) is 15.3 Å². The molecule has 1 aliphatic heterocycles. The van der Waals surface area contributed by atoms with Gasteiger partial charge in [-0.2, -0.15) is 0 Å². The number of hydrogen-bond acceptors (Lipinski definition) is 4. The van der Waals surface area contributed by atoms with Gasteiger partial charge in [-0.15, -0.1) is 0 Å². The van der Waals surface area contributed by atoms with Crippen LogP contribution in [0.5, 0.6) is 0 Å². The highest BCUT2D eigenvalue weighted by Gasteiger charge is 2.12. The minimum absolute atomic E-state index is 0.247. The monoisotopic (exact) mass is 272 g/mol. The molecule has 0 saturated carbocycles. The number of aromatic nitrogens is 2. The first kappa shape index (κ1) is 13.0.